The van der Waals surface area contributed by atoms with Gasteiger partial charge in [0.05, 0.1) is 0 Å². The zero-order valence-corrected chi connectivity index (χ0v) is 10.1. The van der Waals surface area contributed by atoms with Crippen molar-refractivity contribution in [2.75, 3.05) is 0 Å². The van der Waals surface area contributed by atoms with Crippen LogP contribution in [0.3, 0.4) is 0 Å². The first-order valence-corrected chi connectivity index (χ1v) is 5.87. The van der Waals surface area contributed by atoms with Crippen molar-refractivity contribution in [1.82, 2.24) is 0 Å². The van der Waals surface area contributed by atoms with Crippen molar-refractivity contribution in [2.45, 2.75) is 19.0 Å². The third-order valence-electron chi connectivity index (χ3n) is 3.09. The van der Waals surface area contributed by atoms with E-state index in [1.54, 1.807) is 0 Å². The van der Waals surface area contributed by atoms with Gasteiger partial charge in [-0.3, -0.25) is 0 Å². The summed E-state index contributed by atoms with van der Waals surface area (Å²) >= 11 is 0. The van der Waals surface area contributed by atoms with E-state index < -0.39 is 5.66 Å². The fourth-order valence-corrected chi connectivity index (χ4v) is 1.90. The van der Waals surface area contributed by atoms with Crippen LogP contribution >= 0.6 is 0 Å². The molecule has 0 spiro atoms. The molecule has 0 aliphatic rings. The minimum Gasteiger partial charge on any atom is -0.306 e. The molecule has 2 aromatic carbocycles. The lowest BCUT2D eigenvalue weighted by Gasteiger charge is -2.25. The smallest absolute Gasteiger partial charge is 0.116 e. The van der Waals surface area contributed by atoms with Gasteiger partial charge in [-0.15, -0.1) is 0 Å². The van der Waals surface area contributed by atoms with Gasteiger partial charge in [0.1, 0.15) is 5.66 Å². The molecule has 0 aliphatic carbocycles. The van der Waals surface area contributed by atoms with Crippen molar-refractivity contribution in [2.24, 2.45) is 11.5 Å². The zero-order chi connectivity index (χ0) is 12.3. The normalized spacial score (nSPS) is 11.5. The van der Waals surface area contributed by atoms with Gasteiger partial charge in [-0.25, -0.2) is 0 Å². The third-order valence-corrected chi connectivity index (χ3v) is 3.09. The summed E-state index contributed by atoms with van der Waals surface area (Å²) in [6, 6.07) is 17.9. The topological polar surface area (TPSA) is 52.0 Å². The molecule has 88 valence electrons. The molecule has 17 heavy (non-hydrogen) atoms. The van der Waals surface area contributed by atoms with Crippen LogP contribution in [0.1, 0.15) is 23.6 Å². The summed E-state index contributed by atoms with van der Waals surface area (Å²) in [5, 5.41) is 0. The first kappa shape index (κ1) is 11.8. The van der Waals surface area contributed by atoms with Gasteiger partial charge in [0.15, 0.2) is 0 Å². The van der Waals surface area contributed by atoms with E-state index in [4.69, 9.17) is 11.5 Å². The molecular weight excluding hydrogens is 208 g/mol. The van der Waals surface area contributed by atoms with Gasteiger partial charge in [-0.05, 0) is 23.1 Å². The number of nitrogens with two attached hydrogens (primary N) is 2. The number of benzene rings is 2. The molecule has 0 aromatic heterocycles. The quantitative estimate of drug-likeness (QED) is 0.789. The highest BCUT2D eigenvalue weighted by Crippen LogP contribution is 2.21. The predicted molar refractivity (Wildman–Crippen MR) is 71.4 cm³/mol. The van der Waals surface area contributed by atoms with Gasteiger partial charge < -0.3 is 11.5 Å². The third kappa shape index (κ3) is 2.38. The standard InChI is InChI=1S/C15H18N2/c1-2-12-8-10-14(11-9-12)15(16,17)13-6-4-3-5-7-13/h3-11H,2,16-17H2,1H3. The molecular formula is C15H18N2. The van der Waals surface area contributed by atoms with Crippen molar-refractivity contribution in [1.29, 1.82) is 0 Å². The Labute approximate surface area is 102 Å². The first-order chi connectivity index (χ1) is 8.14. The molecule has 0 fully saturated rings. The summed E-state index contributed by atoms with van der Waals surface area (Å²) in [5.41, 5.74) is 14.7. The minimum absolute atomic E-state index is 0.921. The van der Waals surface area contributed by atoms with E-state index in [2.05, 4.69) is 19.1 Å². The Morgan fingerprint density at radius 2 is 1.35 bits per heavy atom. The fourth-order valence-electron chi connectivity index (χ4n) is 1.90. The minimum atomic E-state index is -0.923. The Balaban J connectivity index is 2.37. The first-order valence-electron chi connectivity index (χ1n) is 5.87. The van der Waals surface area contributed by atoms with Crippen molar-refractivity contribution in [3.8, 4) is 0 Å². The SMILES string of the molecule is CCc1ccc(C(N)(N)c2ccccc2)cc1. The fraction of sp³-hybridized carbons (Fsp3) is 0.200. The highest BCUT2D eigenvalue weighted by molar-refractivity contribution is 5.37. The van der Waals surface area contributed by atoms with Gasteiger partial charge in [-0.1, -0.05) is 61.5 Å². The highest BCUT2D eigenvalue weighted by atomic mass is 15.0. The van der Waals surface area contributed by atoms with Crippen molar-refractivity contribution in [3.05, 3.63) is 71.3 Å². The maximum Gasteiger partial charge on any atom is 0.116 e. The van der Waals surface area contributed by atoms with Gasteiger partial charge >= 0.3 is 0 Å². The Morgan fingerprint density at radius 1 is 0.824 bits per heavy atom. The van der Waals surface area contributed by atoms with Crippen LogP contribution in [0.2, 0.25) is 0 Å². The Kier molecular flexibility index (Phi) is 3.27. The molecule has 0 saturated carbocycles. The highest BCUT2D eigenvalue weighted by Gasteiger charge is 2.23. The van der Waals surface area contributed by atoms with Gasteiger partial charge in [0, 0.05) is 0 Å². The van der Waals surface area contributed by atoms with E-state index in [1.165, 1.54) is 5.56 Å². The van der Waals surface area contributed by atoms with Crippen LogP contribution in [-0.2, 0) is 12.1 Å². The molecule has 0 radical (unpaired) electrons. The summed E-state index contributed by atoms with van der Waals surface area (Å²) in [6.07, 6.45) is 1.02. The lowest BCUT2D eigenvalue weighted by Crippen LogP contribution is -2.47. The van der Waals surface area contributed by atoms with Crippen LogP contribution in [0, 0.1) is 0 Å². The number of rotatable bonds is 3. The number of hydrogen-bond donors (Lipinski definition) is 2. The lowest BCUT2D eigenvalue weighted by atomic mass is 9.92. The lowest BCUT2D eigenvalue weighted by molar-refractivity contribution is 0.567. The van der Waals surface area contributed by atoms with E-state index in [-0.39, 0.29) is 0 Å². The van der Waals surface area contributed by atoms with Crippen molar-refractivity contribution in [3.63, 3.8) is 0 Å². The molecule has 0 saturated heterocycles. The summed E-state index contributed by atoms with van der Waals surface area (Å²) in [4.78, 5) is 0. The maximum absolute atomic E-state index is 6.23. The molecule has 2 aromatic rings. The van der Waals surface area contributed by atoms with Crippen molar-refractivity contribution >= 4 is 0 Å². The molecule has 0 heterocycles. The van der Waals surface area contributed by atoms with E-state index in [0.29, 0.717) is 0 Å². The molecule has 2 heteroatoms. The molecule has 4 N–H and O–H groups in total. The predicted octanol–water partition coefficient (Wildman–Crippen LogP) is 2.37. The molecule has 0 bridgehead atoms. The average molecular weight is 226 g/mol. The molecule has 2 nitrogen and oxygen atoms in total. The van der Waals surface area contributed by atoms with E-state index in [9.17, 15) is 0 Å². The van der Waals surface area contributed by atoms with E-state index in [1.807, 2.05) is 42.5 Å². The molecule has 0 amide bonds. The Morgan fingerprint density at radius 3 is 1.88 bits per heavy atom. The largest absolute Gasteiger partial charge is 0.306 e. The Hall–Kier alpha value is -1.64. The maximum atomic E-state index is 6.23. The van der Waals surface area contributed by atoms with Gasteiger partial charge in [-0.2, -0.15) is 0 Å². The van der Waals surface area contributed by atoms with Crippen LogP contribution in [0.5, 0.6) is 0 Å². The van der Waals surface area contributed by atoms with E-state index in [0.717, 1.165) is 17.5 Å². The van der Waals surface area contributed by atoms with Crippen LogP contribution in [0.25, 0.3) is 0 Å². The molecule has 0 unspecified atom stereocenters. The summed E-state index contributed by atoms with van der Waals surface area (Å²) in [7, 11) is 0. The average Bonchev–Trinajstić information content (AvgIpc) is 2.40. The van der Waals surface area contributed by atoms with Crippen LogP contribution in [-0.4, -0.2) is 0 Å². The molecule has 2 rings (SSSR count). The van der Waals surface area contributed by atoms with Crippen LogP contribution in [0.4, 0.5) is 0 Å². The molecule has 0 aliphatic heterocycles. The summed E-state index contributed by atoms with van der Waals surface area (Å²) in [6.45, 7) is 2.13. The summed E-state index contributed by atoms with van der Waals surface area (Å²) < 4.78 is 0. The van der Waals surface area contributed by atoms with Gasteiger partial charge in [0.25, 0.3) is 0 Å². The molecule has 0 atom stereocenters. The zero-order valence-electron chi connectivity index (χ0n) is 10.1. The number of hydrogen-bond acceptors (Lipinski definition) is 2. The van der Waals surface area contributed by atoms with Crippen LogP contribution < -0.4 is 11.5 Å². The Bertz CT molecular complexity index is 472. The second kappa shape index (κ2) is 4.70. The summed E-state index contributed by atoms with van der Waals surface area (Å²) in [5.74, 6) is 0. The monoisotopic (exact) mass is 226 g/mol. The van der Waals surface area contributed by atoms with Crippen LogP contribution in [0.15, 0.2) is 54.6 Å². The van der Waals surface area contributed by atoms with E-state index >= 15 is 0 Å². The second-order valence-electron chi connectivity index (χ2n) is 4.29. The van der Waals surface area contributed by atoms with Crippen molar-refractivity contribution < 1.29 is 0 Å². The number of aryl methyl sites for hydroxylation is 1. The van der Waals surface area contributed by atoms with Gasteiger partial charge in [0.2, 0.25) is 0 Å². The second-order valence-corrected chi connectivity index (χ2v) is 4.29.